The zero-order valence-electron chi connectivity index (χ0n) is 55.2. The summed E-state index contributed by atoms with van der Waals surface area (Å²) in [6.45, 7) is 38.7. The Morgan fingerprint density at radius 3 is 0.448 bits per heavy atom. The topological polar surface area (TPSA) is 251 Å². The van der Waals surface area contributed by atoms with E-state index in [1.165, 1.54) is 0 Å². The van der Waals surface area contributed by atoms with Crippen LogP contribution in [0.15, 0.2) is 0 Å². The van der Waals surface area contributed by atoms with Crippen molar-refractivity contribution in [2.24, 2.45) is 0 Å². The van der Waals surface area contributed by atoms with Gasteiger partial charge < -0.3 is 122 Å². The van der Waals surface area contributed by atoms with Gasteiger partial charge in [-0.25, -0.2) is 0 Å². The van der Waals surface area contributed by atoms with E-state index in [4.69, 9.17) is 122 Å². The van der Waals surface area contributed by atoms with Crippen LogP contribution in [-0.4, -0.2) is 341 Å². The highest BCUT2D eigenvalue weighted by Gasteiger charge is 2.39. The lowest BCUT2D eigenvalue weighted by atomic mass is 10.3. The van der Waals surface area contributed by atoms with Gasteiger partial charge in [0.1, 0.15) is 0 Å². The molecule has 0 aliphatic rings. The number of hydrogen-bond acceptors (Lipinski definition) is 26. The van der Waals surface area contributed by atoms with Gasteiger partial charge in [0, 0.05) is 6.61 Å². The van der Waals surface area contributed by atoms with E-state index in [0.717, 1.165) is 31.9 Å². The Hall–Kier alpha value is -0.389. The van der Waals surface area contributed by atoms with Crippen LogP contribution in [0.1, 0.15) is 19.3 Å². The van der Waals surface area contributed by atoms with E-state index >= 15 is 0 Å². The predicted octanol–water partition coefficient (Wildman–Crippen LogP) is 4.31. The first kappa shape index (κ1) is 86.6. The molecule has 0 spiro atoms. The Morgan fingerprint density at radius 1 is 0.172 bits per heavy atom. The third-order valence-corrected chi connectivity index (χ3v) is 20.5. The fourth-order valence-corrected chi connectivity index (χ4v) is 19.9. The van der Waals surface area contributed by atoms with Crippen LogP contribution in [0.4, 0.5) is 0 Å². The van der Waals surface area contributed by atoms with Gasteiger partial charge in [-0.2, -0.15) is 0 Å². The van der Waals surface area contributed by atoms with Gasteiger partial charge >= 0.3 is 8.56 Å². The molecule has 0 unspecified atom stereocenters. The van der Waals surface area contributed by atoms with Crippen LogP contribution < -0.4 is 0 Å². The van der Waals surface area contributed by atoms with Gasteiger partial charge in [0.2, 0.25) is 0 Å². The molecule has 0 aromatic carbocycles. The van der Waals surface area contributed by atoms with Gasteiger partial charge in [-0.05, 0) is 58.3 Å². The molecule has 0 atom stereocenters. The van der Waals surface area contributed by atoms with E-state index in [1.807, 2.05) is 0 Å². The molecule has 0 aliphatic carbocycles. The Kier molecular flexibility index (Phi) is 69.6. The van der Waals surface area contributed by atoms with Crippen LogP contribution in [0.3, 0.4) is 0 Å². The predicted molar refractivity (Wildman–Crippen MR) is 335 cm³/mol. The lowest BCUT2D eigenvalue weighted by Crippen LogP contribution is -2.52. The van der Waals surface area contributed by atoms with Crippen molar-refractivity contribution in [1.82, 2.24) is 0 Å². The summed E-state index contributed by atoms with van der Waals surface area (Å²) in [5, 5.41) is 8.62. The maximum Gasteiger partial charge on any atom is 0.314 e. The SMILES string of the molecule is C[Si](C)(C)O[Si](C)(CCCCCOCCOCCOCCOCCOCCOCCOCCOCCOCCOCCOCCOCCOCCOCCOCCOCCOCCOCCOCCOCCOCCOCCOCCO)O[Si](C)(C)C. The van der Waals surface area contributed by atoms with E-state index in [2.05, 4.69) is 45.8 Å². The van der Waals surface area contributed by atoms with Crippen LogP contribution in [-0.2, 0) is 117 Å². The molecule has 0 rings (SSSR count). The number of hydrogen-bond donors (Lipinski definition) is 1. The standard InChI is InChI=1S/C58H124O26Si3/c1-85(2,3)83-87(7,84-86(4,5)6)58-10-8-9-12-60-14-16-62-18-20-64-22-24-66-26-28-68-30-32-70-34-36-72-38-40-74-42-44-76-46-48-78-50-52-80-54-56-82-57-55-81-53-51-79-49-47-77-45-43-75-41-39-73-37-35-71-33-31-69-29-27-67-25-23-65-21-19-63-17-15-61-13-11-59/h59H,8-58H2,1-7H3. The number of ether oxygens (including phenoxy) is 23. The Balaban J connectivity index is 3.16. The molecule has 0 radical (unpaired) electrons. The van der Waals surface area contributed by atoms with Crippen molar-refractivity contribution in [3.8, 4) is 0 Å². The van der Waals surface area contributed by atoms with Gasteiger partial charge in [0.25, 0.3) is 0 Å². The molecule has 29 heteroatoms. The maximum atomic E-state index is 8.62. The molecular weight excluding hydrogens is 1200 g/mol. The lowest BCUT2D eigenvalue weighted by molar-refractivity contribution is -0.0319. The number of aliphatic hydroxyl groups is 1. The minimum Gasteiger partial charge on any atom is -0.437 e. The number of rotatable bonds is 78. The molecular formula is C58H124O26Si3. The normalized spacial score (nSPS) is 12.4. The van der Waals surface area contributed by atoms with Crippen LogP contribution >= 0.6 is 0 Å². The summed E-state index contributed by atoms with van der Waals surface area (Å²) in [5.74, 6) is 0. The monoisotopic (exact) mass is 1320 g/mol. The number of unbranched alkanes of at least 4 members (excludes halogenated alkanes) is 2. The molecule has 0 saturated carbocycles. The van der Waals surface area contributed by atoms with Gasteiger partial charge in [-0.1, -0.05) is 12.8 Å². The molecule has 87 heavy (non-hydrogen) atoms. The molecule has 26 nitrogen and oxygen atoms in total. The molecule has 0 heterocycles. The highest BCUT2D eigenvalue weighted by molar-refractivity contribution is 6.87. The van der Waals surface area contributed by atoms with E-state index in [-0.39, 0.29) is 6.61 Å². The maximum absolute atomic E-state index is 8.62. The molecule has 0 amide bonds. The van der Waals surface area contributed by atoms with Crippen molar-refractivity contribution in [3.05, 3.63) is 0 Å². The minimum absolute atomic E-state index is 0.0181. The smallest absolute Gasteiger partial charge is 0.314 e. The Bertz CT molecular complexity index is 1290. The van der Waals surface area contributed by atoms with Crippen molar-refractivity contribution >= 4 is 25.2 Å². The van der Waals surface area contributed by atoms with Crippen LogP contribution in [0.25, 0.3) is 0 Å². The van der Waals surface area contributed by atoms with Crippen molar-refractivity contribution in [3.63, 3.8) is 0 Å². The second kappa shape index (κ2) is 69.9. The second-order valence-electron chi connectivity index (χ2n) is 21.2. The summed E-state index contributed by atoms with van der Waals surface area (Å²) in [6, 6.07) is 1.05. The summed E-state index contributed by atoms with van der Waals surface area (Å²) in [7, 11) is -5.44. The van der Waals surface area contributed by atoms with Gasteiger partial charge in [-0.3, -0.25) is 0 Å². The average molecular weight is 1320 g/mol. The van der Waals surface area contributed by atoms with E-state index in [9.17, 15) is 0 Å². The molecule has 0 aromatic heterocycles. The largest absolute Gasteiger partial charge is 0.437 e. The Labute approximate surface area is 527 Å². The lowest BCUT2D eigenvalue weighted by Gasteiger charge is -2.38. The van der Waals surface area contributed by atoms with E-state index in [0.29, 0.717) is 297 Å². The van der Waals surface area contributed by atoms with Crippen LogP contribution in [0, 0.1) is 0 Å². The molecule has 524 valence electrons. The molecule has 0 aromatic rings. The summed E-state index contributed by atoms with van der Waals surface area (Å²) in [4.78, 5) is 0. The van der Waals surface area contributed by atoms with E-state index < -0.39 is 25.2 Å². The first-order chi connectivity index (χ1) is 42.5. The molecule has 1 N–H and O–H groups in total. The van der Waals surface area contributed by atoms with Crippen molar-refractivity contribution < 1.29 is 122 Å². The second-order valence-corrected chi connectivity index (χ2v) is 34.0. The minimum atomic E-state index is -2.14. The van der Waals surface area contributed by atoms with Crippen LogP contribution in [0.2, 0.25) is 51.9 Å². The fourth-order valence-electron chi connectivity index (χ4n) is 7.25. The first-order valence-corrected chi connectivity index (χ1v) is 41.1. The highest BCUT2D eigenvalue weighted by atomic mass is 28.5. The van der Waals surface area contributed by atoms with Gasteiger partial charge in [0.05, 0.1) is 304 Å². The van der Waals surface area contributed by atoms with Crippen LogP contribution in [0.5, 0.6) is 0 Å². The first-order valence-electron chi connectivity index (χ1n) is 31.8. The fraction of sp³-hybridized carbons (Fsp3) is 1.00. The molecule has 0 aliphatic heterocycles. The van der Waals surface area contributed by atoms with Crippen molar-refractivity contribution in [2.75, 3.05) is 311 Å². The third-order valence-electron chi connectivity index (χ3n) is 10.9. The third kappa shape index (κ3) is 78.0. The average Bonchev–Trinajstić information content (AvgIpc) is 3.39. The quantitative estimate of drug-likeness (QED) is 0.0658. The summed E-state index contributed by atoms with van der Waals surface area (Å²) in [5.41, 5.74) is 0. The van der Waals surface area contributed by atoms with E-state index in [1.54, 1.807) is 0 Å². The number of aliphatic hydroxyl groups excluding tert-OH is 1. The van der Waals surface area contributed by atoms with Gasteiger partial charge in [-0.15, -0.1) is 0 Å². The zero-order chi connectivity index (χ0) is 63.2. The highest BCUT2D eigenvalue weighted by Crippen LogP contribution is 2.26. The van der Waals surface area contributed by atoms with Crippen molar-refractivity contribution in [2.45, 2.75) is 71.1 Å². The zero-order valence-corrected chi connectivity index (χ0v) is 58.2. The van der Waals surface area contributed by atoms with Crippen molar-refractivity contribution in [1.29, 1.82) is 0 Å². The summed E-state index contributed by atoms with van der Waals surface area (Å²) in [6.07, 6.45) is 3.27. The summed E-state index contributed by atoms with van der Waals surface area (Å²) < 4.78 is 140. The summed E-state index contributed by atoms with van der Waals surface area (Å²) >= 11 is 0. The molecule has 0 saturated heterocycles. The Morgan fingerprint density at radius 2 is 0.310 bits per heavy atom. The van der Waals surface area contributed by atoms with Gasteiger partial charge in [0.15, 0.2) is 16.6 Å². The molecule has 0 bridgehead atoms. The molecule has 0 fully saturated rings.